The van der Waals surface area contributed by atoms with Gasteiger partial charge in [-0.3, -0.25) is 4.79 Å². The van der Waals surface area contributed by atoms with Crippen molar-refractivity contribution in [1.82, 2.24) is 4.31 Å². The first-order valence-corrected chi connectivity index (χ1v) is 7.95. The van der Waals surface area contributed by atoms with Crippen LogP contribution in [0, 0.1) is 0 Å². The molecule has 6 nitrogen and oxygen atoms in total. The molecule has 7 heteroatoms. The first-order chi connectivity index (χ1) is 9.48. The van der Waals surface area contributed by atoms with Crippen LogP contribution in [0.3, 0.4) is 0 Å². The second kappa shape index (κ2) is 4.83. The van der Waals surface area contributed by atoms with Crippen molar-refractivity contribution in [2.24, 2.45) is 0 Å². The smallest absolute Gasteiger partial charge is 0.243 e. The third-order valence-corrected chi connectivity index (χ3v) is 5.62. The molecule has 2 heterocycles. The molecular weight excluding hydrogens is 280 g/mol. The standard InChI is InChI=1S/C13H16N2O4S/c1-9-8-19-5-4-15(9)20(17,18)11-2-3-12-10(6-11)7-13(16)14-12/h2-3,6,9H,4-5,7-8H2,1H3,(H,14,16). The van der Waals surface area contributed by atoms with Gasteiger partial charge in [0.25, 0.3) is 0 Å². The minimum absolute atomic E-state index is 0.103. The van der Waals surface area contributed by atoms with Crippen molar-refractivity contribution in [1.29, 1.82) is 0 Å². The highest BCUT2D eigenvalue weighted by Crippen LogP contribution is 2.28. The molecule has 0 radical (unpaired) electrons. The monoisotopic (exact) mass is 296 g/mol. The van der Waals surface area contributed by atoms with Crippen LogP contribution in [0.15, 0.2) is 23.1 Å². The minimum Gasteiger partial charge on any atom is -0.378 e. The molecule has 1 amide bonds. The van der Waals surface area contributed by atoms with Gasteiger partial charge in [0.2, 0.25) is 15.9 Å². The molecular formula is C13H16N2O4S. The van der Waals surface area contributed by atoms with Crippen molar-refractivity contribution >= 4 is 21.6 Å². The number of morpholine rings is 1. The van der Waals surface area contributed by atoms with Gasteiger partial charge in [0, 0.05) is 18.3 Å². The lowest BCUT2D eigenvalue weighted by molar-refractivity contribution is -0.115. The first-order valence-electron chi connectivity index (χ1n) is 6.51. The number of anilines is 1. The predicted octanol–water partition coefficient (Wildman–Crippen LogP) is 0.591. The fraction of sp³-hybridized carbons (Fsp3) is 0.462. The molecule has 0 bridgehead atoms. The SMILES string of the molecule is CC1COCCN1S(=O)(=O)c1ccc2c(c1)CC(=O)N2. The lowest BCUT2D eigenvalue weighted by Gasteiger charge is -2.32. The van der Waals surface area contributed by atoms with Gasteiger partial charge >= 0.3 is 0 Å². The Balaban J connectivity index is 1.96. The lowest BCUT2D eigenvalue weighted by Crippen LogP contribution is -2.46. The molecule has 0 aromatic heterocycles. The average Bonchev–Trinajstić information content (AvgIpc) is 2.78. The van der Waals surface area contributed by atoms with Gasteiger partial charge in [-0.05, 0) is 30.7 Å². The first kappa shape index (κ1) is 13.5. The highest BCUT2D eigenvalue weighted by Gasteiger charge is 2.32. The van der Waals surface area contributed by atoms with E-state index in [2.05, 4.69) is 5.32 Å². The molecule has 2 aliphatic heterocycles. The van der Waals surface area contributed by atoms with E-state index in [0.717, 1.165) is 5.56 Å². The number of hydrogen-bond acceptors (Lipinski definition) is 4. The van der Waals surface area contributed by atoms with Crippen LogP contribution in [0.5, 0.6) is 0 Å². The molecule has 1 saturated heterocycles. The van der Waals surface area contributed by atoms with Gasteiger partial charge in [0.15, 0.2) is 0 Å². The van der Waals surface area contributed by atoms with E-state index < -0.39 is 10.0 Å². The van der Waals surface area contributed by atoms with Crippen LogP contribution in [-0.4, -0.2) is 44.4 Å². The quantitative estimate of drug-likeness (QED) is 0.866. The summed E-state index contributed by atoms with van der Waals surface area (Å²) in [6.45, 7) is 3.01. The summed E-state index contributed by atoms with van der Waals surface area (Å²) in [5, 5.41) is 2.70. The number of benzene rings is 1. The third-order valence-electron chi connectivity index (χ3n) is 3.62. The van der Waals surface area contributed by atoms with E-state index in [9.17, 15) is 13.2 Å². The van der Waals surface area contributed by atoms with E-state index >= 15 is 0 Å². The Morgan fingerprint density at radius 2 is 2.20 bits per heavy atom. The largest absolute Gasteiger partial charge is 0.378 e. The number of rotatable bonds is 2. The van der Waals surface area contributed by atoms with Crippen molar-refractivity contribution < 1.29 is 17.9 Å². The topological polar surface area (TPSA) is 75.7 Å². The van der Waals surface area contributed by atoms with Crippen LogP contribution in [0.1, 0.15) is 12.5 Å². The fourth-order valence-corrected chi connectivity index (χ4v) is 4.22. The third kappa shape index (κ3) is 2.21. The summed E-state index contributed by atoms with van der Waals surface area (Å²) in [4.78, 5) is 11.6. The van der Waals surface area contributed by atoms with Crippen molar-refractivity contribution in [3.63, 3.8) is 0 Å². The number of nitrogens with one attached hydrogen (secondary N) is 1. The second-order valence-electron chi connectivity index (χ2n) is 5.08. The summed E-state index contributed by atoms with van der Waals surface area (Å²) in [6.07, 6.45) is 0.233. The zero-order valence-electron chi connectivity index (χ0n) is 11.1. The van der Waals surface area contributed by atoms with Gasteiger partial charge in [0.05, 0.1) is 24.5 Å². The van der Waals surface area contributed by atoms with E-state index in [1.54, 1.807) is 18.2 Å². The molecule has 1 fully saturated rings. The zero-order chi connectivity index (χ0) is 14.3. The lowest BCUT2D eigenvalue weighted by atomic mass is 10.2. The number of carbonyl (C=O) groups is 1. The molecule has 20 heavy (non-hydrogen) atoms. The van der Waals surface area contributed by atoms with Gasteiger partial charge in [-0.2, -0.15) is 4.31 Å². The van der Waals surface area contributed by atoms with Crippen LogP contribution in [-0.2, 0) is 26.0 Å². The maximum Gasteiger partial charge on any atom is 0.243 e. The Bertz CT molecular complexity index is 656. The number of ether oxygens (including phenoxy) is 1. The molecule has 1 N–H and O–H groups in total. The molecule has 1 unspecified atom stereocenters. The summed E-state index contributed by atoms with van der Waals surface area (Å²) in [5.41, 5.74) is 1.43. The summed E-state index contributed by atoms with van der Waals surface area (Å²) >= 11 is 0. The summed E-state index contributed by atoms with van der Waals surface area (Å²) in [6, 6.07) is 4.60. The highest BCUT2D eigenvalue weighted by molar-refractivity contribution is 7.89. The van der Waals surface area contributed by atoms with E-state index in [-0.39, 0.29) is 23.3 Å². The number of sulfonamides is 1. The molecule has 0 aliphatic carbocycles. The van der Waals surface area contributed by atoms with Crippen LogP contribution in [0.4, 0.5) is 5.69 Å². The number of amides is 1. The Hall–Kier alpha value is -1.44. The molecule has 108 valence electrons. The summed E-state index contributed by atoms with van der Waals surface area (Å²) < 4.78 is 32.0. The maximum absolute atomic E-state index is 12.6. The Morgan fingerprint density at radius 1 is 1.40 bits per heavy atom. The van der Waals surface area contributed by atoms with Gasteiger partial charge in [-0.1, -0.05) is 0 Å². The summed E-state index contributed by atoms with van der Waals surface area (Å²) in [7, 11) is -3.54. The highest BCUT2D eigenvalue weighted by atomic mass is 32.2. The Kier molecular flexibility index (Phi) is 3.27. The normalized spacial score (nSPS) is 23.4. The predicted molar refractivity (Wildman–Crippen MR) is 72.9 cm³/mol. The van der Waals surface area contributed by atoms with E-state index in [0.29, 0.717) is 25.4 Å². The number of fused-ring (bicyclic) bond motifs is 1. The minimum atomic E-state index is -3.54. The average molecular weight is 296 g/mol. The van der Waals surface area contributed by atoms with Crippen molar-refractivity contribution in [2.45, 2.75) is 24.3 Å². The molecule has 0 saturated carbocycles. The van der Waals surface area contributed by atoms with Crippen LogP contribution < -0.4 is 5.32 Å². The maximum atomic E-state index is 12.6. The van der Waals surface area contributed by atoms with Crippen molar-refractivity contribution in [3.05, 3.63) is 23.8 Å². The molecule has 1 atom stereocenters. The number of carbonyl (C=O) groups excluding carboxylic acids is 1. The van der Waals surface area contributed by atoms with Crippen LogP contribution in [0.2, 0.25) is 0 Å². The zero-order valence-corrected chi connectivity index (χ0v) is 11.9. The Morgan fingerprint density at radius 3 is 2.95 bits per heavy atom. The molecule has 1 aromatic carbocycles. The van der Waals surface area contributed by atoms with E-state index in [4.69, 9.17) is 4.74 Å². The van der Waals surface area contributed by atoms with Crippen molar-refractivity contribution in [3.8, 4) is 0 Å². The van der Waals surface area contributed by atoms with E-state index in [1.807, 2.05) is 6.92 Å². The second-order valence-corrected chi connectivity index (χ2v) is 6.97. The van der Waals surface area contributed by atoms with Gasteiger partial charge in [-0.25, -0.2) is 8.42 Å². The van der Waals surface area contributed by atoms with E-state index in [1.165, 1.54) is 4.31 Å². The van der Waals surface area contributed by atoms with Gasteiger partial charge in [0.1, 0.15) is 0 Å². The van der Waals surface area contributed by atoms with Crippen LogP contribution >= 0.6 is 0 Å². The molecule has 2 aliphatic rings. The van der Waals surface area contributed by atoms with Gasteiger partial charge < -0.3 is 10.1 Å². The molecule has 3 rings (SSSR count). The Labute approximate surface area is 117 Å². The molecule has 1 aromatic rings. The number of hydrogen-bond donors (Lipinski definition) is 1. The number of nitrogens with zero attached hydrogens (tertiary/aromatic N) is 1. The molecule has 0 spiro atoms. The van der Waals surface area contributed by atoms with Crippen molar-refractivity contribution in [2.75, 3.05) is 25.1 Å². The van der Waals surface area contributed by atoms with Crippen LogP contribution in [0.25, 0.3) is 0 Å². The summed E-state index contributed by atoms with van der Waals surface area (Å²) in [5.74, 6) is -0.103. The fourth-order valence-electron chi connectivity index (χ4n) is 2.57. The van der Waals surface area contributed by atoms with Gasteiger partial charge in [-0.15, -0.1) is 0 Å².